The predicted molar refractivity (Wildman–Crippen MR) is 52.2 cm³/mol. The first-order valence-corrected chi connectivity index (χ1v) is 5.39. The Morgan fingerprint density at radius 1 is 1.67 bits per heavy atom. The second kappa shape index (κ2) is 5.43. The maximum absolute atomic E-state index is 11.2. The van der Waals surface area contributed by atoms with Gasteiger partial charge in [-0.3, -0.25) is 4.79 Å². The van der Waals surface area contributed by atoms with Crippen molar-refractivity contribution in [2.45, 2.75) is 25.8 Å². The fourth-order valence-corrected chi connectivity index (χ4v) is 1.34. The zero-order chi connectivity index (χ0) is 9.61. The number of carbonyl (C=O) groups is 1. The highest BCUT2D eigenvalue weighted by atomic mass is 32.2. The third-order valence-electron chi connectivity index (χ3n) is 1.57. The standard InChI is InChI=1S/C8H17NO2S/c1-4-11-7(10)8(2,9)5-6-12-3/h4-6,9H2,1-3H3. The summed E-state index contributed by atoms with van der Waals surface area (Å²) in [4.78, 5) is 11.2. The first kappa shape index (κ1) is 11.8. The van der Waals surface area contributed by atoms with E-state index in [-0.39, 0.29) is 5.97 Å². The fraction of sp³-hybridized carbons (Fsp3) is 0.875. The molecular weight excluding hydrogens is 174 g/mol. The number of ether oxygens (including phenoxy) is 1. The minimum absolute atomic E-state index is 0.306. The molecule has 0 aromatic rings. The SMILES string of the molecule is CCOC(=O)C(C)(N)CCSC. The van der Waals surface area contributed by atoms with Gasteiger partial charge >= 0.3 is 5.97 Å². The van der Waals surface area contributed by atoms with Crippen LogP contribution in [-0.4, -0.2) is 30.1 Å². The smallest absolute Gasteiger partial charge is 0.325 e. The van der Waals surface area contributed by atoms with Gasteiger partial charge in [0.1, 0.15) is 5.54 Å². The van der Waals surface area contributed by atoms with E-state index in [1.165, 1.54) is 0 Å². The van der Waals surface area contributed by atoms with Gasteiger partial charge in [-0.25, -0.2) is 0 Å². The number of nitrogens with two attached hydrogens (primary N) is 1. The van der Waals surface area contributed by atoms with Crippen molar-refractivity contribution in [3.63, 3.8) is 0 Å². The molecule has 2 N–H and O–H groups in total. The minimum Gasteiger partial charge on any atom is -0.465 e. The van der Waals surface area contributed by atoms with Crippen molar-refractivity contribution in [2.75, 3.05) is 18.6 Å². The zero-order valence-corrected chi connectivity index (χ0v) is 8.74. The van der Waals surface area contributed by atoms with Crippen molar-refractivity contribution in [3.05, 3.63) is 0 Å². The van der Waals surface area contributed by atoms with Gasteiger partial charge in [0, 0.05) is 0 Å². The number of hydrogen-bond acceptors (Lipinski definition) is 4. The van der Waals surface area contributed by atoms with Crippen LogP contribution in [0.4, 0.5) is 0 Å². The molecule has 4 heteroatoms. The van der Waals surface area contributed by atoms with E-state index in [2.05, 4.69) is 0 Å². The Bertz CT molecular complexity index is 148. The lowest BCUT2D eigenvalue weighted by atomic mass is 10.0. The van der Waals surface area contributed by atoms with E-state index in [0.29, 0.717) is 13.0 Å². The van der Waals surface area contributed by atoms with Gasteiger partial charge in [-0.15, -0.1) is 0 Å². The van der Waals surface area contributed by atoms with E-state index in [1.54, 1.807) is 25.6 Å². The summed E-state index contributed by atoms with van der Waals surface area (Å²) < 4.78 is 4.83. The van der Waals surface area contributed by atoms with E-state index in [9.17, 15) is 4.79 Å². The summed E-state index contributed by atoms with van der Waals surface area (Å²) in [5.41, 5.74) is 4.92. The van der Waals surface area contributed by atoms with Crippen molar-refractivity contribution in [1.29, 1.82) is 0 Å². The van der Waals surface area contributed by atoms with Gasteiger partial charge in [-0.05, 0) is 32.3 Å². The molecule has 0 spiro atoms. The highest BCUT2D eigenvalue weighted by molar-refractivity contribution is 7.98. The van der Waals surface area contributed by atoms with Crippen molar-refractivity contribution in [2.24, 2.45) is 5.73 Å². The third-order valence-corrected chi connectivity index (χ3v) is 2.18. The Morgan fingerprint density at radius 2 is 2.25 bits per heavy atom. The lowest BCUT2D eigenvalue weighted by Gasteiger charge is -2.21. The third kappa shape index (κ3) is 3.97. The Labute approximate surface area is 78.0 Å². The van der Waals surface area contributed by atoms with Gasteiger partial charge in [0.2, 0.25) is 0 Å². The first-order chi connectivity index (χ1) is 5.54. The number of thioether (sulfide) groups is 1. The summed E-state index contributed by atoms with van der Waals surface area (Å²) in [6.07, 6.45) is 2.65. The van der Waals surface area contributed by atoms with Gasteiger partial charge in [0.15, 0.2) is 0 Å². The van der Waals surface area contributed by atoms with E-state index < -0.39 is 5.54 Å². The second-order valence-electron chi connectivity index (χ2n) is 2.88. The molecule has 0 saturated carbocycles. The lowest BCUT2D eigenvalue weighted by Crippen LogP contribution is -2.46. The molecule has 3 nitrogen and oxygen atoms in total. The molecule has 0 aromatic heterocycles. The lowest BCUT2D eigenvalue weighted by molar-refractivity contribution is -0.149. The van der Waals surface area contributed by atoms with Crippen LogP contribution in [0.3, 0.4) is 0 Å². The average Bonchev–Trinajstić information content (AvgIpc) is 2.01. The number of hydrogen-bond donors (Lipinski definition) is 1. The van der Waals surface area contributed by atoms with Crippen LogP contribution in [0.25, 0.3) is 0 Å². The summed E-state index contributed by atoms with van der Waals surface area (Å²) in [5, 5.41) is 0. The van der Waals surface area contributed by atoms with E-state index in [0.717, 1.165) is 5.75 Å². The van der Waals surface area contributed by atoms with Gasteiger partial charge in [0.25, 0.3) is 0 Å². The van der Waals surface area contributed by atoms with Crippen LogP contribution >= 0.6 is 11.8 Å². The highest BCUT2D eigenvalue weighted by Gasteiger charge is 2.28. The van der Waals surface area contributed by atoms with Crippen molar-refractivity contribution >= 4 is 17.7 Å². The molecule has 0 heterocycles. The second-order valence-corrected chi connectivity index (χ2v) is 3.87. The topological polar surface area (TPSA) is 52.3 Å². The predicted octanol–water partition coefficient (Wildman–Crippen LogP) is 1.02. The molecule has 0 aliphatic heterocycles. The van der Waals surface area contributed by atoms with Gasteiger partial charge in [-0.2, -0.15) is 11.8 Å². The maximum Gasteiger partial charge on any atom is 0.325 e. The fourth-order valence-electron chi connectivity index (χ4n) is 0.712. The molecule has 1 atom stereocenters. The van der Waals surface area contributed by atoms with E-state index in [4.69, 9.17) is 10.5 Å². The summed E-state index contributed by atoms with van der Waals surface area (Å²) >= 11 is 1.68. The van der Waals surface area contributed by atoms with Crippen LogP contribution in [0.5, 0.6) is 0 Å². The van der Waals surface area contributed by atoms with Gasteiger partial charge in [0.05, 0.1) is 6.61 Å². The average molecular weight is 191 g/mol. The Balaban J connectivity index is 3.90. The molecule has 1 unspecified atom stereocenters. The molecule has 0 aliphatic carbocycles. The summed E-state index contributed by atoms with van der Waals surface area (Å²) in [6.45, 7) is 3.88. The molecule has 12 heavy (non-hydrogen) atoms. The Hall–Kier alpha value is -0.220. The van der Waals surface area contributed by atoms with Crippen LogP contribution in [0, 0.1) is 0 Å². The molecule has 0 fully saturated rings. The van der Waals surface area contributed by atoms with Crippen LogP contribution < -0.4 is 5.73 Å². The Morgan fingerprint density at radius 3 is 2.67 bits per heavy atom. The van der Waals surface area contributed by atoms with Crippen molar-refractivity contribution in [3.8, 4) is 0 Å². The zero-order valence-electron chi connectivity index (χ0n) is 7.92. The molecule has 0 rings (SSSR count). The maximum atomic E-state index is 11.2. The summed E-state index contributed by atoms with van der Waals surface area (Å²) in [5.74, 6) is 0.574. The van der Waals surface area contributed by atoms with Gasteiger partial charge < -0.3 is 10.5 Å². The van der Waals surface area contributed by atoms with Crippen molar-refractivity contribution < 1.29 is 9.53 Å². The van der Waals surface area contributed by atoms with E-state index in [1.807, 2.05) is 6.26 Å². The molecule has 0 amide bonds. The summed E-state index contributed by atoms with van der Waals surface area (Å²) in [6, 6.07) is 0. The monoisotopic (exact) mass is 191 g/mol. The van der Waals surface area contributed by atoms with Crippen molar-refractivity contribution in [1.82, 2.24) is 0 Å². The normalized spacial score (nSPS) is 15.3. The number of carbonyl (C=O) groups excluding carboxylic acids is 1. The van der Waals surface area contributed by atoms with Crippen LogP contribution in [0.1, 0.15) is 20.3 Å². The molecule has 0 radical (unpaired) electrons. The molecule has 0 aliphatic rings. The number of rotatable bonds is 5. The largest absolute Gasteiger partial charge is 0.465 e. The molecule has 72 valence electrons. The molecule has 0 saturated heterocycles. The molecule has 0 bridgehead atoms. The highest BCUT2D eigenvalue weighted by Crippen LogP contribution is 2.11. The number of esters is 1. The van der Waals surface area contributed by atoms with Crippen LogP contribution in [-0.2, 0) is 9.53 Å². The summed E-state index contributed by atoms with van der Waals surface area (Å²) in [7, 11) is 0. The molecular formula is C8H17NO2S. The molecule has 0 aromatic carbocycles. The van der Waals surface area contributed by atoms with Gasteiger partial charge in [-0.1, -0.05) is 0 Å². The van der Waals surface area contributed by atoms with Crippen LogP contribution in [0.15, 0.2) is 0 Å². The first-order valence-electron chi connectivity index (χ1n) is 3.99. The minimum atomic E-state index is -0.820. The van der Waals surface area contributed by atoms with Crippen LogP contribution in [0.2, 0.25) is 0 Å². The quantitative estimate of drug-likeness (QED) is 0.659. The Kier molecular flexibility index (Phi) is 5.33. The van der Waals surface area contributed by atoms with E-state index >= 15 is 0 Å².